The van der Waals surface area contributed by atoms with E-state index >= 15 is 0 Å². The Morgan fingerprint density at radius 1 is 1.32 bits per heavy atom. The third-order valence-electron chi connectivity index (χ3n) is 3.48. The van der Waals surface area contributed by atoms with Gasteiger partial charge in [0.1, 0.15) is 5.75 Å². The van der Waals surface area contributed by atoms with Gasteiger partial charge in [-0.1, -0.05) is 17.7 Å². The summed E-state index contributed by atoms with van der Waals surface area (Å²) in [6.45, 7) is 4.00. The SMILES string of the molecule is Cc1cc(Cl)c(OCC2CC2)c(CCCN(C)C)c1. The van der Waals surface area contributed by atoms with Crippen molar-refractivity contribution in [2.75, 3.05) is 27.2 Å². The number of halogens is 1. The van der Waals surface area contributed by atoms with Gasteiger partial charge in [-0.15, -0.1) is 0 Å². The highest BCUT2D eigenvalue weighted by Crippen LogP contribution is 2.35. The van der Waals surface area contributed by atoms with Crippen LogP contribution in [0, 0.1) is 12.8 Å². The van der Waals surface area contributed by atoms with Crippen LogP contribution in [-0.4, -0.2) is 32.1 Å². The number of rotatable bonds is 7. The van der Waals surface area contributed by atoms with E-state index in [0.29, 0.717) is 0 Å². The smallest absolute Gasteiger partial charge is 0.141 e. The molecule has 0 aromatic heterocycles. The minimum absolute atomic E-state index is 0.756. The first kappa shape index (κ1) is 14.7. The fourth-order valence-electron chi connectivity index (χ4n) is 2.22. The van der Waals surface area contributed by atoms with Crippen molar-refractivity contribution in [3.8, 4) is 5.75 Å². The van der Waals surface area contributed by atoms with Crippen LogP contribution < -0.4 is 4.74 Å². The predicted octanol–water partition coefficient (Wildman–Crippen LogP) is 3.93. The summed E-state index contributed by atoms with van der Waals surface area (Å²) in [4.78, 5) is 2.21. The molecule has 2 rings (SSSR count). The molecule has 0 aliphatic heterocycles. The summed E-state index contributed by atoms with van der Waals surface area (Å²) in [6, 6.07) is 4.21. The molecule has 1 saturated carbocycles. The molecule has 3 heteroatoms. The Bertz CT molecular complexity index is 427. The van der Waals surface area contributed by atoms with Gasteiger partial charge in [0.2, 0.25) is 0 Å². The minimum atomic E-state index is 0.756. The van der Waals surface area contributed by atoms with Crippen LogP contribution >= 0.6 is 11.6 Å². The van der Waals surface area contributed by atoms with Gasteiger partial charge in [-0.25, -0.2) is 0 Å². The first-order valence-electron chi connectivity index (χ1n) is 7.13. The van der Waals surface area contributed by atoms with Crippen LogP contribution in [0.1, 0.15) is 30.4 Å². The second kappa shape index (κ2) is 6.62. The molecule has 1 aromatic carbocycles. The van der Waals surface area contributed by atoms with Crippen molar-refractivity contribution >= 4 is 11.6 Å². The van der Waals surface area contributed by atoms with Crippen molar-refractivity contribution in [3.05, 3.63) is 28.3 Å². The molecule has 0 saturated heterocycles. The second-order valence-electron chi connectivity index (χ2n) is 5.90. The second-order valence-corrected chi connectivity index (χ2v) is 6.30. The highest BCUT2D eigenvalue weighted by atomic mass is 35.5. The highest BCUT2D eigenvalue weighted by Gasteiger charge is 2.23. The Labute approximate surface area is 121 Å². The van der Waals surface area contributed by atoms with Gasteiger partial charge < -0.3 is 9.64 Å². The molecule has 1 aliphatic rings. The van der Waals surface area contributed by atoms with Gasteiger partial charge in [0.25, 0.3) is 0 Å². The van der Waals surface area contributed by atoms with E-state index in [4.69, 9.17) is 16.3 Å². The van der Waals surface area contributed by atoms with Crippen LogP contribution in [0.2, 0.25) is 5.02 Å². The molecule has 0 unspecified atom stereocenters. The van der Waals surface area contributed by atoms with E-state index in [-0.39, 0.29) is 0 Å². The molecular weight excluding hydrogens is 258 g/mol. The van der Waals surface area contributed by atoms with Gasteiger partial charge in [0.05, 0.1) is 11.6 Å². The maximum Gasteiger partial charge on any atom is 0.141 e. The standard InChI is InChI=1S/C16H24ClNO/c1-12-9-14(5-4-8-18(2)3)16(15(17)10-12)19-11-13-6-7-13/h9-10,13H,4-8,11H2,1-3H3. The molecule has 1 aliphatic carbocycles. The first-order valence-corrected chi connectivity index (χ1v) is 7.50. The van der Waals surface area contributed by atoms with E-state index in [1.165, 1.54) is 24.0 Å². The minimum Gasteiger partial charge on any atom is -0.491 e. The van der Waals surface area contributed by atoms with E-state index in [2.05, 4.69) is 32.0 Å². The molecule has 0 radical (unpaired) electrons. The van der Waals surface area contributed by atoms with Crippen molar-refractivity contribution in [2.24, 2.45) is 5.92 Å². The number of nitrogens with zero attached hydrogens (tertiary/aromatic N) is 1. The summed E-state index contributed by atoms with van der Waals surface area (Å²) in [7, 11) is 4.21. The van der Waals surface area contributed by atoms with Crippen LogP contribution in [-0.2, 0) is 6.42 Å². The Morgan fingerprint density at radius 2 is 2.05 bits per heavy atom. The Kier molecular flexibility index (Phi) is 5.12. The lowest BCUT2D eigenvalue weighted by Crippen LogP contribution is -2.14. The lowest BCUT2D eigenvalue weighted by atomic mass is 10.1. The summed E-state index contributed by atoms with van der Waals surface area (Å²) >= 11 is 6.34. The molecule has 19 heavy (non-hydrogen) atoms. The summed E-state index contributed by atoms with van der Waals surface area (Å²) in [5.41, 5.74) is 2.47. The van der Waals surface area contributed by atoms with E-state index in [1.54, 1.807) is 0 Å². The molecule has 1 aromatic rings. The van der Waals surface area contributed by atoms with Gasteiger partial charge >= 0.3 is 0 Å². The van der Waals surface area contributed by atoms with Gasteiger partial charge in [-0.3, -0.25) is 0 Å². The number of aryl methyl sites for hydroxylation is 2. The lowest BCUT2D eigenvalue weighted by Gasteiger charge is -2.15. The third-order valence-corrected chi connectivity index (χ3v) is 3.76. The molecule has 2 nitrogen and oxygen atoms in total. The van der Waals surface area contributed by atoms with E-state index in [0.717, 1.165) is 42.7 Å². The Balaban J connectivity index is 2.03. The zero-order valence-corrected chi connectivity index (χ0v) is 13.0. The van der Waals surface area contributed by atoms with E-state index < -0.39 is 0 Å². The topological polar surface area (TPSA) is 12.5 Å². The average Bonchev–Trinajstić information content (AvgIpc) is 3.11. The quantitative estimate of drug-likeness (QED) is 0.751. The highest BCUT2D eigenvalue weighted by molar-refractivity contribution is 6.32. The summed E-state index contributed by atoms with van der Waals surface area (Å²) in [6.07, 6.45) is 4.77. The lowest BCUT2D eigenvalue weighted by molar-refractivity contribution is 0.296. The normalized spacial score (nSPS) is 15.0. The number of hydrogen-bond acceptors (Lipinski definition) is 2. The van der Waals surface area contributed by atoms with Crippen molar-refractivity contribution in [3.63, 3.8) is 0 Å². The molecule has 0 bridgehead atoms. The fourth-order valence-corrected chi connectivity index (χ4v) is 2.57. The molecule has 0 atom stereocenters. The summed E-state index contributed by atoms with van der Waals surface area (Å²) in [5, 5.41) is 0.764. The number of ether oxygens (including phenoxy) is 1. The first-order chi connectivity index (χ1) is 9.06. The number of hydrogen-bond donors (Lipinski definition) is 0. The van der Waals surface area contributed by atoms with E-state index in [9.17, 15) is 0 Å². The van der Waals surface area contributed by atoms with Gasteiger partial charge in [0.15, 0.2) is 0 Å². The predicted molar refractivity (Wildman–Crippen MR) is 81.3 cm³/mol. The average molecular weight is 282 g/mol. The van der Waals surface area contributed by atoms with Crippen LogP contribution in [0.15, 0.2) is 12.1 Å². The van der Waals surface area contributed by atoms with Crippen molar-refractivity contribution in [2.45, 2.75) is 32.6 Å². The molecule has 0 N–H and O–H groups in total. The van der Waals surface area contributed by atoms with Crippen molar-refractivity contribution in [1.82, 2.24) is 4.90 Å². The molecule has 0 amide bonds. The van der Waals surface area contributed by atoms with Crippen LogP contribution in [0.3, 0.4) is 0 Å². The Morgan fingerprint density at radius 3 is 2.68 bits per heavy atom. The zero-order chi connectivity index (χ0) is 13.8. The van der Waals surface area contributed by atoms with Crippen LogP contribution in [0.5, 0.6) is 5.75 Å². The molecular formula is C16H24ClNO. The maximum absolute atomic E-state index is 6.34. The van der Waals surface area contributed by atoms with Crippen LogP contribution in [0.4, 0.5) is 0 Å². The van der Waals surface area contributed by atoms with Gasteiger partial charge in [0, 0.05) is 0 Å². The zero-order valence-electron chi connectivity index (χ0n) is 12.2. The van der Waals surface area contributed by atoms with Crippen molar-refractivity contribution in [1.29, 1.82) is 0 Å². The fraction of sp³-hybridized carbons (Fsp3) is 0.625. The maximum atomic E-state index is 6.34. The number of benzene rings is 1. The van der Waals surface area contributed by atoms with Crippen molar-refractivity contribution < 1.29 is 4.74 Å². The summed E-state index contributed by atoms with van der Waals surface area (Å²) in [5.74, 6) is 1.67. The molecule has 1 fully saturated rings. The third kappa shape index (κ3) is 4.70. The van der Waals surface area contributed by atoms with Gasteiger partial charge in [-0.2, -0.15) is 0 Å². The molecule has 106 valence electrons. The Hall–Kier alpha value is -0.730. The molecule has 0 spiro atoms. The van der Waals surface area contributed by atoms with Crippen LogP contribution in [0.25, 0.3) is 0 Å². The van der Waals surface area contributed by atoms with E-state index in [1.807, 2.05) is 6.07 Å². The largest absolute Gasteiger partial charge is 0.491 e. The summed E-state index contributed by atoms with van der Waals surface area (Å²) < 4.78 is 5.96. The monoisotopic (exact) mass is 281 g/mol. The molecule has 0 heterocycles. The van der Waals surface area contributed by atoms with Gasteiger partial charge in [-0.05, 0) is 76.4 Å².